The smallest absolute Gasteiger partial charge is 0.289 e. The Morgan fingerprint density at radius 1 is 1.38 bits per heavy atom. The molecule has 0 N–H and O–H groups in total. The van der Waals surface area contributed by atoms with Crippen molar-refractivity contribution in [3.8, 4) is 0 Å². The number of carbonyl (C=O) groups is 1. The molecule has 1 fully saturated rings. The molecule has 0 spiro atoms. The van der Waals surface area contributed by atoms with Crippen LogP contribution in [0.4, 0.5) is 5.95 Å². The third kappa shape index (κ3) is 3.41. The zero-order valence-corrected chi connectivity index (χ0v) is 14.2. The summed E-state index contributed by atoms with van der Waals surface area (Å²) in [5.41, 5.74) is 0.778. The molecule has 2 aromatic heterocycles. The number of hydrogen-bond acceptors (Lipinski definition) is 6. The van der Waals surface area contributed by atoms with E-state index in [1.165, 1.54) is 0 Å². The molecular formula is C17H22N4O3. The SMILES string of the molecule is CCc1ccc(C(=O)N2CCOC(c3ccnc(N(C)C)n3)C2)o1. The second kappa shape index (κ2) is 7.00. The van der Waals surface area contributed by atoms with Gasteiger partial charge in [-0.3, -0.25) is 4.79 Å². The number of ether oxygens (including phenoxy) is 1. The van der Waals surface area contributed by atoms with Gasteiger partial charge in [0.15, 0.2) is 5.76 Å². The molecule has 0 aliphatic carbocycles. The Balaban J connectivity index is 1.74. The van der Waals surface area contributed by atoms with Crippen molar-refractivity contribution < 1.29 is 13.9 Å². The molecule has 1 atom stereocenters. The predicted octanol–water partition coefficient (Wildman–Crippen LogP) is 1.91. The molecular weight excluding hydrogens is 308 g/mol. The first-order valence-electron chi connectivity index (χ1n) is 8.08. The number of aryl methyl sites for hydroxylation is 1. The lowest BCUT2D eigenvalue weighted by Crippen LogP contribution is -2.42. The van der Waals surface area contributed by atoms with Crippen molar-refractivity contribution in [1.82, 2.24) is 14.9 Å². The lowest BCUT2D eigenvalue weighted by molar-refractivity contribution is -0.0257. The summed E-state index contributed by atoms with van der Waals surface area (Å²) >= 11 is 0. The number of carbonyl (C=O) groups excluding carboxylic acids is 1. The average molecular weight is 330 g/mol. The number of amides is 1. The molecule has 0 aromatic carbocycles. The zero-order valence-electron chi connectivity index (χ0n) is 14.2. The minimum Gasteiger partial charge on any atom is -0.456 e. The monoisotopic (exact) mass is 330 g/mol. The van der Waals surface area contributed by atoms with Crippen LogP contribution in [0.3, 0.4) is 0 Å². The van der Waals surface area contributed by atoms with Gasteiger partial charge in [-0.2, -0.15) is 0 Å². The third-order valence-electron chi connectivity index (χ3n) is 3.97. The Bertz CT molecular complexity index is 713. The van der Waals surface area contributed by atoms with Crippen LogP contribution in [0.5, 0.6) is 0 Å². The fraction of sp³-hybridized carbons (Fsp3) is 0.471. The normalized spacial score (nSPS) is 17.8. The Morgan fingerprint density at radius 3 is 2.92 bits per heavy atom. The predicted molar refractivity (Wildman–Crippen MR) is 89.0 cm³/mol. The topological polar surface area (TPSA) is 71.7 Å². The summed E-state index contributed by atoms with van der Waals surface area (Å²) < 4.78 is 11.4. The molecule has 7 heteroatoms. The number of anilines is 1. The Morgan fingerprint density at radius 2 is 2.21 bits per heavy atom. The number of morpholine rings is 1. The van der Waals surface area contributed by atoms with Crippen LogP contribution in [0.1, 0.15) is 35.0 Å². The summed E-state index contributed by atoms with van der Waals surface area (Å²) in [5, 5.41) is 0. The van der Waals surface area contributed by atoms with Gasteiger partial charge in [0.05, 0.1) is 18.8 Å². The van der Waals surface area contributed by atoms with Gasteiger partial charge in [-0.1, -0.05) is 6.92 Å². The Kier molecular flexibility index (Phi) is 4.80. The van der Waals surface area contributed by atoms with Gasteiger partial charge < -0.3 is 19.0 Å². The molecule has 0 saturated carbocycles. The molecule has 1 saturated heterocycles. The summed E-state index contributed by atoms with van der Waals surface area (Å²) in [6, 6.07) is 5.41. The van der Waals surface area contributed by atoms with E-state index in [2.05, 4.69) is 9.97 Å². The average Bonchev–Trinajstić information content (AvgIpc) is 3.10. The molecule has 1 amide bonds. The highest BCUT2D eigenvalue weighted by Crippen LogP contribution is 2.23. The zero-order chi connectivity index (χ0) is 17.1. The van der Waals surface area contributed by atoms with Crippen LogP contribution in [0.15, 0.2) is 28.8 Å². The van der Waals surface area contributed by atoms with E-state index in [-0.39, 0.29) is 12.0 Å². The Labute approximate surface area is 141 Å². The van der Waals surface area contributed by atoms with Crippen molar-refractivity contribution in [2.24, 2.45) is 0 Å². The first kappa shape index (κ1) is 16.4. The highest BCUT2D eigenvalue weighted by atomic mass is 16.5. The van der Waals surface area contributed by atoms with E-state index in [9.17, 15) is 4.79 Å². The lowest BCUT2D eigenvalue weighted by Gasteiger charge is -2.32. The first-order valence-corrected chi connectivity index (χ1v) is 8.08. The van der Waals surface area contributed by atoms with E-state index >= 15 is 0 Å². The highest BCUT2D eigenvalue weighted by Gasteiger charge is 2.28. The van der Waals surface area contributed by atoms with Crippen molar-refractivity contribution in [1.29, 1.82) is 0 Å². The van der Waals surface area contributed by atoms with Crippen molar-refractivity contribution in [2.45, 2.75) is 19.4 Å². The largest absolute Gasteiger partial charge is 0.456 e. The van der Waals surface area contributed by atoms with Crippen LogP contribution in [0.2, 0.25) is 0 Å². The minimum atomic E-state index is -0.259. The fourth-order valence-corrected chi connectivity index (χ4v) is 2.61. The van der Waals surface area contributed by atoms with Gasteiger partial charge in [0.1, 0.15) is 11.9 Å². The maximum absolute atomic E-state index is 12.6. The molecule has 0 bridgehead atoms. The van der Waals surface area contributed by atoms with E-state index in [0.29, 0.717) is 31.4 Å². The summed E-state index contributed by atoms with van der Waals surface area (Å²) in [5.74, 6) is 1.71. The molecule has 7 nitrogen and oxygen atoms in total. The van der Waals surface area contributed by atoms with Crippen LogP contribution in [-0.2, 0) is 11.2 Å². The molecule has 3 heterocycles. The number of hydrogen-bond donors (Lipinski definition) is 0. The van der Waals surface area contributed by atoms with Crippen molar-refractivity contribution in [3.05, 3.63) is 41.6 Å². The van der Waals surface area contributed by atoms with Crippen LogP contribution >= 0.6 is 0 Å². The van der Waals surface area contributed by atoms with Gasteiger partial charge in [-0.05, 0) is 18.2 Å². The molecule has 1 aliphatic rings. The van der Waals surface area contributed by atoms with Crippen LogP contribution < -0.4 is 4.90 Å². The van der Waals surface area contributed by atoms with Crippen LogP contribution in [0.25, 0.3) is 0 Å². The summed E-state index contributed by atoms with van der Waals surface area (Å²) in [6.07, 6.45) is 2.22. The standard InChI is InChI=1S/C17H22N4O3/c1-4-12-5-6-14(24-12)16(22)21-9-10-23-15(11-21)13-7-8-18-17(19-13)20(2)3/h5-8,15H,4,9-11H2,1-3H3. The second-order valence-electron chi connectivity index (χ2n) is 5.91. The van der Waals surface area contributed by atoms with Gasteiger partial charge in [0, 0.05) is 33.3 Å². The lowest BCUT2D eigenvalue weighted by atomic mass is 10.2. The molecule has 0 radical (unpaired) electrons. The number of furan rings is 1. The summed E-state index contributed by atoms with van der Waals surface area (Å²) in [6.45, 7) is 3.46. The van der Waals surface area contributed by atoms with E-state index in [0.717, 1.165) is 17.9 Å². The first-order chi connectivity index (χ1) is 11.6. The van der Waals surface area contributed by atoms with Crippen LogP contribution in [0, 0.1) is 0 Å². The highest BCUT2D eigenvalue weighted by molar-refractivity contribution is 5.91. The van der Waals surface area contributed by atoms with E-state index in [1.807, 2.05) is 38.1 Å². The summed E-state index contributed by atoms with van der Waals surface area (Å²) in [7, 11) is 3.78. The molecule has 128 valence electrons. The maximum atomic E-state index is 12.6. The van der Waals surface area contributed by atoms with Gasteiger partial charge in [0.2, 0.25) is 5.95 Å². The summed E-state index contributed by atoms with van der Waals surface area (Å²) in [4.78, 5) is 24.9. The van der Waals surface area contributed by atoms with Gasteiger partial charge in [-0.25, -0.2) is 9.97 Å². The molecule has 1 unspecified atom stereocenters. The maximum Gasteiger partial charge on any atom is 0.289 e. The number of nitrogens with zero attached hydrogens (tertiary/aromatic N) is 4. The molecule has 2 aromatic rings. The van der Waals surface area contributed by atoms with Gasteiger partial charge >= 0.3 is 0 Å². The van der Waals surface area contributed by atoms with Crippen LogP contribution in [-0.4, -0.2) is 54.6 Å². The van der Waals surface area contributed by atoms with Crippen molar-refractivity contribution >= 4 is 11.9 Å². The fourth-order valence-electron chi connectivity index (χ4n) is 2.61. The van der Waals surface area contributed by atoms with Gasteiger partial charge in [-0.15, -0.1) is 0 Å². The molecule has 24 heavy (non-hydrogen) atoms. The number of rotatable bonds is 4. The number of aromatic nitrogens is 2. The third-order valence-corrected chi connectivity index (χ3v) is 3.97. The van der Waals surface area contributed by atoms with E-state index < -0.39 is 0 Å². The van der Waals surface area contributed by atoms with E-state index in [4.69, 9.17) is 9.15 Å². The molecule has 3 rings (SSSR count). The molecule has 1 aliphatic heterocycles. The van der Waals surface area contributed by atoms with Crippen molar-refractivity contribution in [2.75, 3.05) is 38.7 Å². The van der Waals surface area contributed by atoms with Crippen molar-refractivity contribution in [3.63, 3.8) is 0 Å². The Hall–Kier alpha value is -2.41. The van der Waals surface area contributed by atoms with Gasteiger partial charge in [0.25, 0.3) is 5.91 Å². The minimum absolute atomic E-state index is 0.107. The quantitative estimate of drug-likeness (QED) is 0.853. The van der Waals surface area contributed by atoms with E-state index in [1.54, 1.807) is 17.2 Å². The second-order valence-corrected chi connectivity index (χ2v) is 5.91.